The number of nitrogen functional groups attached to an aromatic ring is 1. The molecule has 0 saturated heterocycles. The van der Waals surface area contributed by atoms with E-state index in [-0.39, 0.29) is 15.2 Å². The summed E-state index contributed by atoms with van der Waals surface area (Å²) >= 11 is 3.97. The number of thiazole rings is 1. The first-order chi connectivity index (χ1) is 9.92. The number of nitrogens with one attached hydrogen (secondary N) is 2. The maximum Gasteiger partial charge on any atom is 0.269 e. The summed E-state index contributed by atoms with van der Waals surface area (Å²) in [6, 6.07) is 2.11. The highest BCUT2D eigenvalue weighted by Crippen LogP contribution is 2.28. The highest BCUT2D eigenvalue weighted by atomic mass is 79.9. The average Bonchev–Trinajstić information content (AvgIpc) is 2.75. The van der Waals surface area contributed by atoms with Crippen molar-refractivity contribution in [2.24, 2.45) is 0 Å². The van der Waals surface area contributed by atoms with Gasteiger partial charge in [0.1, 0.15) is 16.4 Å². The van der Waals surface area contributed by atoms with Crippen molar-refractivity contribution in [3.05, 3.63) is 33.1 Å². The Morgan fingerprint density at radius 3 is 2.62 bits per heavy atom. The monoisotopic (exact) mass is 376 g/mol. The lowest BCUT2D eigenvalue weighted by atomic mass is 10.3. The maximum atomic E-state index is 13.7. The van der Waals surface area contributed by atoms with Gasteiger partial charge in [-0.25, -0.2) is 13.8 Å². The van der Waals surface area contributed by atoms with Crippen LogP contribution in [0.2, 0.25) is 0 Å². The fourth-order valence-electron chi connectivity index (χ4n) is 1.55. The van der Waals surface area contributed by atoms with Crippen LogP contribution in [0, 0.1) is 11.6 Å². The van der Waals surface area contributed by atoms with Crippen molar-refractivity contribution in [3.63, 3.8) is 0 Å². The summed E-state index contributed by atoms with van der Waals surface area (Å²) in [5.74, 6) is -2.48. The second-order valence-corrected chi connectivity index (χ2v) is 5.88. The minimum atomic E-state index is -0.884. The summed E-state index contributed by atoms with van der Waals surface area (Å²) in [6.07, 6.45) is 0. The van der Waals surface area contributed by atoms with Gasteiger partial charge in [-0.3, -0.25) is 4.79 Å². The topological polar surface area (TPSA) is 80.0 Å². The molecule has 9 heteroatoms. The molecule has 0 fully saturated rings. The van der Waals surface area contributed by atoms with E-state index in [0.29, 0.717) is 11.7 Å². The molecule has 1 heterocycles. The van der Waals surface area contributed by atoms with Gasteiger partial charge >= 0.3 is 0 Å². The molecule has 112 valence electrons. The molecule has 0 unspecified atom stereocenters. The first-order valence-corrected chi connectivity index (χ1v) is 7.49. The molecule has 21 heavy (non-hydrogen) atoms. The van der Waals surface area contributed by atoms with Crippen molar-refractivity contribution < 1.29 is 13.6 Å². The summed E-state index contributed by atoms with van der Waals surface area (Å²) in [4.78, 5) is 16.1. The third-order valence-corrected chi connectivity index (χ3v) is 3.92. The van der Waals surface area contributed by atoms with Crippen molar-refractivity contribution in [2.45, 2.75) is 6.92 Å². The van der Waals surface area contributed by atoms with Gasteiger partial charge in [0.25, 0.3) is 5.91 Å². The largest absolute Gasteiger partial charge is 0.382 e. The van der Waals surface area contributed by atoms with Gasteiger partial charge in [-0.1, -0.05) is 27.3 Å². The van der Waals surface area contributed by atoms with E-state index < -0.39 is 23.2 Å². The number of rotatable bonds is 4. The summed E-state index contributed by atoms with van der Waals surface area (Å²) < 4.78 is 27.6. The van der Waals surface area contributed by atoms with Crippen LogP contribution >= 0.6 is 27.3 Å². The minimum Gasteiger partial charge on any atom is -0.382 e. The molecule has 0 aliphatic carbocycles. The number of hydrogen-bond donors (Lipinski definition) is 3. The van der Waals surface area contributed by atoms with Gasteiger partial charge in [0.15, 0.2) is 16.8 Å². The van der Waals surface area contributed by atoms with Gasteiger partial charge in [0.2, 0.25) is 0 Å². The van der Waals surface area contributed by atoms with E-state index in [1.807, 2.05) is 6.92 Å². The zero-order chi connectivity index (χ0) is 15.6. The van der Waals surface area contributed by atoms with E-state index in [2.05, 4.69) is 31.5 Å². The Kier molecular flexibility index (Phi) is 4.73. The average molecular weight is 377 g/mol. The Bertz CT molecular complexity index is 669. The number of hydrogen-bond acceptors (Lipinski definition) is 5. The van der Waals surface area contributed by atoms with Crippen LogP contribution in [0.3, 0.4) is 0 Å². The van der Waals surface area contributed by atoms with E-state index >= 15 is 0 Å². The highest BCUT2D eigenvalue weighted by molar-refractivity contribution is 9.10. The predicted octanol–water partition coefficient (Wildman–Crippen LogP) is 3.45. The molecule has 0 saturated carbocycles. The van der Waals surface area contributed by atoms with Gasteiger partial charge in [-0.05, 0) is 19.1 Å². The lowest BCUT2D eigenvalue weighted by molar-refractivity contribution is 0.103. The zero-order valence-corrected chi connectivity index (χ0v) is 13.2. The molecule has 1 aromatic carbocycles. The fraction of sp³-hybridized carbons (Fsp3) is 0.167. The molecular weight excluding hydrogens is 366 g/mol. The highest BCUT2D eigenvalue weighted by Gasteiger charge is 2.19. The second-order valence-electron chi connectivity index (χ2n) is 3.96. The van der Waals surface area contributed by atoms with Crippen molar-refractivity contribution in [3.8, 4) is 0 Å². The van der Waals surface area contributed by atoms with Crippen LogP contribution in [0.25, 0.3) is 0 Å². The molecule has 5 nitrogen and oxygen atoms in total. The summed E-state index contributed by atoms with van der Waals surface area (Å²) in [6.45, 7) is 2.48. The molecule has 0 atom stereocenters. The molecule has 0 aliphatic rings. The Labute approximate surface area is 131 Å². The van der Waals surface area contributed by atoms with Gasteiger partial charge < -0.3 is 16.4 Å². The molecule has 2 rings (SSSR count). The predicted molar refractivity (Wildman–Crippen MR) is 82.7 cm³/mol. The zero-order valence-electron chi connectivity index (χ0n) is 10.8. The van der Waals surface area contributed by atoms with Gasteiger partial charge in [0.05, 0.1) is 0 Å². The van der Waals surface area contributed by atoms with Crippen LogP contribution in [-0.4, -0.2) is 17.4 Å². The van der Waals surface area contributed by atoms with Crippen molar-refractivity contribution in [1.29, 1.82) is 0 Å². The number of carbonyl (C=O) groups is 1. The molecular formula is C12H11BrF2N4OS. The van der Waals surface area contributed by atoms with Gasteiger partial charge in [-0.2, -0.15) is 0 Å². The van der Waals surface area contributed by atoms with E-state index in [1.165, 1.54) is 0 Å². The molecule has 0 bridgehead atoms. The van der Waals surface area contributed by atoms with Crippen LogP contribution in [0.15, 0.2) is 16.6 Å². The Morgan fingerprint density at radius 1 is 1.43 bits per heavy atom. The number of nitrogens with zero attached hydrogens (tertiary/aromatic N) is 1. The van der Waals surface area contributed by atoms with E-state index in [1.54, 1.807) is 0 Å². The van der Waals surface area contributed by atoms with E-state index in [0.717, 1.165) is 23.5 Å². The standard InChI is InChI=1S/C12H11BrF2N4OS/c1-2-17-12-19-10(16)9(21-12)11(20)18-8-6(14)3-5(13)4-7(8)15/h3-4H,2,16H2,1H3,(H,17,19)(H,18,20). The first kappa shape index (κ1) is 15.6. The fourth-order valence-corrected chi connectivity index (χ4v) is 2.80. The Balaban J connectivity index is 2.26. The number of halogens is 3. The summed E-state index contributed by atoms with van der Waals surface area (Å²) in [5, 5.41) is 5.55. The number of anilines is 3. The number of aromatic nitrogens is 1. The summed E-state index contributed by atoms with van der Waals surface area (Å²) in [7, 11) is 0. The number of carbonyl (C=O) groups excluding carboxylic acids is 1. The molecule has 0 aliphatic heterocycles. The third kappa shape index (κ3) is 3.48. The Hall–Kier alpha value is -1.74. The normalized spacial score (nSPS) is 10.5. The molecule has 1 aromatic heterocycles. The molecule has 2 aromatic rings. The van der Waals surface area contributed by atoms with Gasteiger partial charge in [0, 0.05) is 11.0 Å². The number of nitrogens with two attached hydrogens (primary N) is 1. The number of benzene rings is 1. The van der Waals surface area contributed by atoms with Crippen LogP contribution in [0.1, 0.15) is 16.6 Å². The third-order valence-electron chi connectivity index (χ3n) is 2.43. The molecule has 0 radical (unpaired) electrons. The summed E-state index contributed by atoms with van der Waals surface area (Å²) in [5.41, 5.74) is 5.10. The van der Waals surface area contributed by atoms with E-state index in [4.69, 9.17) is 5.73 Å². The minimum absolute atomic E-state index is 0.00591. The van der Waals surface area contributed by atoms with Crippen LogP contribution in [-0.2, 0) is 0 Å². The van der Waals surface area contributed by atoms with Crippen molar-refractivity contribution in [1.82, 2.24) is 4.98 Å². The van der Waals surface area contributed by atoms with Gasteiger partial charge in [-0.15, -0.1) is 0 Å². The van der Waals surface area contributed by atoms with Crippen LogP contribution in [0.4, 0.5) is 25.4 Å². The second kappa shape index (κ2) is 6.35. The molecule has 0 spiro atoms. The molecule has 1 amide bonds. The SMILES string of the molecule is CCNc1nc(N)c(C(=O)Nc2c(F)cc(Br)cc2F)s1. The van der Waals surface area contributed by atoms with Crippen molar-refractivity contribution in [2.75, 3.05) is 22.9 Å². The smallest absolute Gasteiger partial charge is 0.269 e. The maximum absolute atomic E-state index is 13.7. The van der Waals surface area contributed by atoms with Crippen LogP contribution in [0.5, 0.6) is 0 Å². The van der Waals surface area contributed by atoms with Crippen molar-refractivity contribution >= 4 is 49.8 Å². The first-order valence-electron chi connectivity index (χ1n) is 5.88. The molecule has 4 N–H and O–H groups in total. The Morgan fingerprint density at radius 2 is 2.05 bits per heavy atom. The lowest BCUT2D eigenvalue weighted by Gasteiger charge is -2.07. The quantitative estimate of drug-likeness (QED) is 0.763. The lowest BCUT2D eigenvalue weighted by Crippen LogP contribution is -2.14. The van der Waals surface area contributed by atoms with E-state index in [9.17, 15) is 13.6 Å². The number of amides is 1. The van der Waals surface area contributed by atoms with Crippen LogP contribution < -0.4 is 16.4 Å².